The lowest BCUT2D eigenvalue weighted by molar-refractivity contribution is 0.443. The van der Waals surface area contributed by atoms with Gasteiger partial charge in [0.05, 0.1) is 11.4 Å². The van der Waals surface area contributed by atoms with Crippen LogP contribution in [0.2, 0.25) is 0 Å². The van der Waals surface area contributed by atoms with Crippen molar-refractivity contribution >= 4 is 29.3 Å². The highest BCUT2D eigenvalue weighted by molar-refractivity contribution is 6.18. The minimum absolute atomic E-state index is 0.0987. The number of fused-ring (bicyclic) bond motifs is 1. The average Bonchev–Trinajstić information content (AvgIpc) is 2.55. The largest absolute Gasteiger partial charge is 0.506 e. The number of nitrogens with one attached hydrogen (secondary N) is 1. The Labute approximate surface area is 128 Å². The zero-order valence-electron chi connectivity index (χ0n) is 12.1. The van der Waals surface area contributed by atoms with E-state index in [4.69, 9.17) is 5.41 Å². The number of aliphatic hydroxyl groups excluding tert-OH is 1. The van der Waals surface area contributed by atoms with Crippen molar-refractivity contribution in [3.63, 3.8) is 0 Å². The molecule has 0 saturated carbocycles. The Morgan fingerprint density at radius 3 is 2.55 bits per heavy atom. The minimum Gasteiger partial charge on any atom is -0.506 e. The fraction of sp³-hybridized carbons (Fsp3) is 0.0556. The number of benzene rings is 1. The van der Waals surface area contributed by atoms with Crippen molar-refractivity contribution < 1.29 is 5.11 Å². The van der Waals surface area contributed by atoms with Gasteiger partial charge in [0, 0.05) is 5.56 Å². The molecule has 0 heterocycles. The van der Waals surface area contributed by atoms with Crippen LogP contribution in [0.15, 0.2) is 64.5 Å². The average molecular weight is 289 g/mol. The van der Waals surface area contributed by atoms with E-state index in [1.54, 1.807) is 30.4 Å². The summed E-state index contributed by atoms with van der Waals surface area (Å²) in [4.78, 5) is 0. The predicted molar refractivity (Wildman–Crippen MR) is 91.0 cm³/mol. The van der Waals surface area contributed by atoms with Crippen LogP contribution in [0.1, 0.15) is 12.5 Å². The van der Waals surface area contributed by atoms with E-state index in [0.717, 1.165) is 16.0 Å². The van der Waals surface area contributed by atoms with Gasteiger partial charge in [0.1, 0.15) is 11.5 Å². The molecule has 0 aromatic heterocycles. The Morgan fingerprint density at radius 2 is 1.82 bits per heavy atom. The van der Waals surface area contributed by atoms with Crippen LogP contribution in [0.4, 0.5) is 0 Å². The van der Waals surface area contributed by atoms with Gasteiger partial charge in [-0.1, -0.05) is 24.3 Å². The molecule has 2 aliphatic carbocycles. The number of hydrogen-bond donors (Lipinski definition) is 2. The molecule has 108 valence electrons. The number of rotatable bonds is 1. The van der Waals surface area contributed by atoms with E-state index in [2.05, 4.69) is 10.2 Å². The van der Waals surface area contributed by atoms with Crippen LogP contribution in [0, 0.1) is 5.41 Å². The second kappa shape index (κ2) is 5.77. The molecule has 22 heavy (non-hydrogen) atoms. The standard InChI is InChI=1S/C18H15N3O/c1-2-12-3-4-13-5-10-17(22)18(16(13)11-12)21-20-15-8-6-14(19)7-9-15/h2-11,19,22H,1H3. The lowest BCUT2D eigenvalue weighted by Crippen LogP contribution is -2.23. The Kier molecular flexibility index (Phi) is 3.66. The summed E-state index contributed by atoms with van der Waals surface area (Å²) in [5.74, 6) is 0.0987. The van der Waals surface area contributed by atoms with Crippen molar-refractivity contribution in [1.82, 2.24) is 0 Å². The van der Waals surface area contributed by atoms with Gasteiger partial charge < -0.3 is 10.5 Å². The smallest absolute Gasteiger partial charge is 0.143 e. The fourth-order valence-electron chi connectivity index (χ4n) is 2.23. The van der Waals surface area contributed by atoms with Gasteiger partial charge in [-0.15, -0.1) is 5.10 Å². The van der Waals surface area contributed by atoms with Crippen LogP contribution in [-0.2, 0) is 0 Å². The summed E-state index contributed by atoms with van der Waals surface area (Å²) in [5.41, 5.74) is 2.38. The molecule has 0 bridgehead atoms. The van der Waals surface area contributed by atoms with E-state index in [9.17, 15) is 5.11 Å². The molecule has 1 aromatic rings. The van der Waals surface area contributed by atoms with Crippen LogP contribution >= 0.6 is 0 Å². The van der Waals surface area contributed by atoms with Crippen LogP contribution in [0.5, 0.6) is 0 Å². The summed E-state index contributed by atoms with van der Waals surface area (Å²) in [5, 5.41) is 28.0. The number of hydrogen-bond acceptors (Lipinski definition) is 4. The highest BCUT2D eigenvalue weighted by atomic mass is 16.3. The van der Waals surface area contributed by atoms with Gasteiger partial charge in [-0.05, 0) is 53.8 Å². The third-order valence-electron chi connectivity index (χ3n) is 3.46. The summed E-state index contributed by atoms with van der Waals surface area (Å²) in [7, 11) is 0. The van der Waals surface area contributed by atoms with Gasteiger partial charge in [-0.25, -0.2) is 0 Å². The second-order valence-corrected chi connectivity index (χ2v) is 4.95. The molecule has 2 aliphatic rings. The Balaban J connectivity index is 2.08. The second-order valence-electron chi connectivity index (χ2n) is 4.95. The summed E-state index contributed by atoms with van der Waals surface area (Å²) >= 11 is 0. The first kappa shape index (κ1) is 13.9. The summed E-state index contributed by atoms with van der Waals surface area (Å²) in [6.07, 6.45) is 12.2. The monoisotopic (exact) mass is 289 g/mol. The molecule has 3 rings (SSSR count). The highest BCUT2D eigenvalue weighted by Crippen LogP contribution is 2.08. The number of nitrogens with zero attached hydrogens (tertiary/aromatic N) is 2. The normalized spacial score (nSPS) is 19.0. The van der Waals surface area contributed by atoms with Crippen molar-refractivity contribution in [2.24, 2.45) is 10.2 Å². The Hall–Kier alpha value is -3.01. The van der Waals surface area contributed by atoms with Crippen LogP contribution in [0.3, 0.4) is 0 Å². The topological polar surface area (TPSA) is 68.8 Å². The molecule has 0 aliphatic heterocycles. The van der Waals surface area contributed by atoms with Gasteiger partial charge in [0.2, 0.25) is 0 Å². The van der Waals surface area contributed by atoms with Crippen LogP contribution < -0.4 is 10.4 Å². The van der Waals surface area contributed by atoms with Gasteiger partial charge in [-0.3, -0.25) is 0 Å². The third-order valence-corrected chi connectivity index (χ3v) is 3.46. The highest BCUT2D eigenvalue weighted by Gasteiger charge is 2.13. The molecule has 0 fully saturated rings. The SMILES string of the molecule is CC=c1ccc2c(c1)C(=NN=C1C=CC(=N)C=C1)C(O)=CC=2. The first-order valence-corrected chi connectivity index (χ1v) is 6.96. The molecule has 0 amide bonds. The third kappa shape index (κ3) is 2.72. The van der Waals surface area contributed by atoms with Crippen LogP contribution in [-0.4, -0.2) is 22.2 Å². The van der Waals surface area contributed by atoms with Crippen molar-refractivity contribution in [1.29, 1.82) is 5.41 Å². The predicted octanol–water partition coefficient (Wildman–Crippen LogP) is 2.01. The van der Waals surface area contributed by atoms with Crippen molar-refractivity contribution in [2.75, 3.05) is 0 Å². The van der Waals surface area contributed by atoms with E-state index in [0.29, 0.717) is 17.1 Å². The molecular weight excluding hydrogens is 274 g/mol. The van der Waals surface area contributed by atoms with Crippen LogP contribution in [0.25, 0.3) is 12.2 Å². The number of allylic oxidation sites excluding steroid dienone is 6. The van der Waals surface area contributed by atoms with Crippen molar-refractivity contribution in [3.05, 3.63) is 70.3 Å². The first-order chi connectivity index (χ1) is 10.7. The molecule has 0 spiro atoms. The van der Waals surface area contributed by atoms with E-state index in [-0.39, 0.29) is 5.76 Å². The van der Waals surface area contributed by atoms with E-state index in [1.165, 1.54) is 0 Å². The minimum atomic E-state index is 0.0987. The first-order valence-electron chi connectivity index (χ1n) is 6.96. The summed E-state index contributed by atoms with van der Waals surface area (Å²) in [6.45, 7) is 1.97. The molecule has 4 nitrogen and oxygen atoms in total. The molecule has 0 atom stereocenters. The Bertz CT molecular complexity index is 894. The van der Waals surface area contributed by atoms with Gasteiger partial charge >= 0.3 is 0 Å². The molecule has 0 radical (unpaired) electrons. The maximum absolute atomic E-state index is 10.1. The van der Waals surface area contributed by atoms with Crippen molar-refractivity contribution in [2.45, 2.75) is 6.92 Å². The molecule has 2 N–H and O–H groups in total. The summed E-state index contributed by atoms with van der Waals surface area (Å²) in [6, 6.07) is 6.00. The zero-order chi connectivity index (χ0) is 15.5. The molecule has 0 saturated heterocycles. The lowest BCUT2D eigenvalue weighted by Gasteiger charge is -2.09. The lowest BCUT2D eigenvalue weighted by atomic mass is 10.00. The van der Waals surface area contributed by atoms with E-state index in [1.807, 2.05) is 37.3 Å². The quantitative estimate of drug-likeness (QED) is 0.602. The van der Waals surface area contributed by atoms with E-state index >= 15 is 0 Å². The van der Waals surface area contributed by atoms with Gasteiger partial charge in [-0.2, -0.15) is 5.10 Å². The maximum atomic E-state index is 10.1. The summed E-state index contributed by atoms with van der Waals surface area (Å²) < 4.78 is 0. The fourth-order valence-corrected chi connectivity index (χ4v) is 2.23. The zero-order valence-corrected chi connectivity index (χ0v) is 12.1. The molecule has 0 unspecified atom stereocenters. The van der Waals surface area contributed by atoms with Crippen molar-refractivity contribution in [3.8, 4) is 0 Å². The maximum Gasteiger partial charge on any atom is 0.143 e. The van der Waals surface area contributed by atoms with Gasteiger partial charge in [0.25, 0.3) is 0 Å². The number of aliphatic hydroxyl groups is 1. The van der Waals surface area contributed by atoms with E-state index < -0.39 is 0 Å². The molecular formula is C18H15N3O. The molecule has 1 aromatic carbocycles. The Morgan fingerprint density at radius 1 is 1.05 bits per heavy atom. The van der Waals surface area contributed by atoms with Gasteiger partial charge in [0.15, 0.2) is 0 Å². The molecule has 4 heteroatoms.